The van der Waals surface area contributed by atoms with Gasteiger partial charge in [-0.1, -0.05) is 41.4 Å². The number of aryl methyl sites for hydroxylation is 1. The van der Waals surface area contributed by atoms with Crippen molar-refractivity contribution in [3.05, 3.63) is 69.0 Å². The zero-order chi connectivity index (χ0) is 14.0. The van der Waals surface area contributed by atoms with Gasteiger partial charge in [0.2, 0.25) is 0 Å². The molecule has 0 bridgehead atoms. The van der Waals surface area contributed by atoms with Gasteiger partial charge in [-0.25, -0.2) is 4.39 Å². The molecule has 0 heterocycles. The van der Waals surface area contributed by atoms with Crippen molar-refractivity contribution in [2.24, 2.45) is 0 Å². The number of hydrogen-bond acceptors (Lipinski definition) is 1. The maximum Gasteiger partial charge on any atom is 0.142 e. The lowest BCUT2D eigenvalue weighted by Crippen LogP contribution is -2.03. The molecule has 1 unspecified atom stereocenters. The molecule has 1 nitrogen and oxygen atoms in total. The molecule has 0 aliphatic carbocycles. The SMILES string of the molecule is Cc1ccc(C(O)Cc2ccc(Cl)c(F)c2)c(Cl)c1. The fourth-order valence-electron chi connectivity index (χ4n) is 1.90. The Morgan fingerprint density at radius 2 is 1.84 bits per heavy atom. The predicted molar refractivity (Wildman–Crippen MR) is 76.3 cm³/mol. The summed E-state index contributed by atoms with van der Waals surface area (Å²) in [6.07, 6.45) is -0.481. The van der Waals surface area contributed by atoms with Gasteiger partial charge in [0.05, 0.1) is 11.1 Å². The highest BCUT2D eigenvalue weighted by Crippen LogP contribution is 2.27. The normalized spacial score (nSPS) is 12.5. The number of rotatable bonds is 3. The lowest BCUT2D eigenvalue weighted by Gasteiger charge is -2.13. The Morgan fingerprint density at radius 1 is 1.11 bits per heavy atom. The van der Waals surface area contributed by atoms with E-state index in [1.165, 1.54) is 12.1 Å². The molecule has 100 valence electrons. The molecule has 1 N–H and O–H groups in total. The predicted octanol–water partition coefficient (Wildman–Crippen LogP) is 4.72. The lowest BCUT2D eigenvalue weighted by atomic mass is 10.0. The molecule has 2 aromatic rings. The van der Waals surface area contributed by atoms with Crippen LogP contribution in [0.5, 0.6) is 0 Å². The molecule has 0 amide bonds. The van der Waals surface area contributed by atoms with Crippen LogP contribution in [0.2, 0.25) is 10.0 Å². The molecule has 1 atom stereocenters. The van der Waals surface area contributed by atoms with E-state index in [2.05, 4.69) is 0 Å². The first kappa shape index (κ1) is 14.3. The van der Waals surface area contributed by atoms with Gasteiger partial charge in [-0.15, -0.1) is 0 Å². The molecule has 0 aromatic heterocycles. The summed E-state index contributed by atoms with van der Waals surface area (Å²) in [4.78, 5) is 0. The summed E-state index contributed by atoms with van der Waals surface area (Å²) in [5, 5.41) is 10.8. The number of benzene rings is 2. The van der Waals surface area contributed by atoms with Gasteiger partial charge in [0.1, 0.15) is 5.82 Å². The van der Waals surface area contributed by atoms with Gasteiger partial charge in [-0.2, -0.15) is 0 Å². The van der Waals surface area contributed by atoms with Crippen LogP contribution < -0.4 is 0 Å². The standard InChI is InChI=1S/C15H13Cl2FO/c1-9-2-4-11(13(17)6-9)15(19)8-10-3-5-12(16)14(18)7-10/h2-7,15,19H,8H2,1H3. The molecule has 0 radical (unpaired) electrons. The van der Waals surface area contributed by atoms with Crippen LogP contribution in [0.3, 0.4) is 0 Å². The Labute approximate surface area is 121 Å². The maximum absolute atomic E-state index is 13.3. The Hall–Kier alpha value is -1.09. The average Bonchev–Trinajstić information content (AvgIpc) is 2.33. The van der Waals surface area contributed by atoms with Crippen LogP contribution in [0, 0.1) is 12.7 Å². The lowest BCUT2D eigenvalue weighted by molar-refractivity contribution is 0.178. The summed E-state index contributed by atoms with van der Waals surface area (Å²) in [6.45, 7) is 1.93. The van der Waals surface area contributed by atoms with Crippen LogP contribution in [0.4, 0.5) is 4.39 Å². The molecule has 0 aliphatic heterocycles. The third-order valence-electron chi connectivity index (χ3n) is 2.93. The van der Waals surface area contributed by atoms with E-state index in [1.54, 1.807) is 18.2 Å². The molecule has 2 aromatic carbocycles. The Balaban J connectivity index is 2.20. The van der Waals surface area contributed by atoms with Gasteiger partial charge in [0, 0.05) is 11.4 Å². The molecule has 0 saturated carbocycles. The van der Waals surface area contributed by atoms with E-state index >= 15 is 0 Å². The summed E-state index contributed by atoms with van der Waals surface area (Å²) in [6, 6.07) is 9.96. The average molecular weight is 299 g/mol. The fourth-order valence-corrected chi connectivity index (χ4v) is 2.38. The van der Waals surface area contributed by atoms with E-state index in [0.717, 1.165) is 5.56 Å². The summed E-state index contributed by atoms with van der Waals surface area (Å²) >= 11 is 11.7. The highest BCUT2D eigenvalue weighted by molar-refractivity contribution is 6.31. The van der Waals surface area contributed by atoms with Gasteiger partial charge < -0.3 is 5.11 Å². The molecule has 0 aliphatic rings. The quantitative estimate of drug-likeness (QED) is 0.869. The van der Waals surface area contributed by atoms with Crippen molar-refractivity contribution in [2.45, 2.75) is 19.4 Å². The molecule has 0 saturated heterocycles. The van der Waals surface area contributed by atoms with Crippen molar-refractivity contribution in [3.63, 3.8) is 0 Å². The second kappa shape index (κ2) is 5.91. The van der Waals surface area contributed by atoms with Crippen LogP contribution in [-0.2, 0) is 6.42 Å². The van der Waals surface area contributed by atoms with Crippen LogP contribution in [0.1, 0.15) is 22.8 Å². The molecule has 4 heteroatoms. The second-order valence-corrected chi connectivity index (χ2v) is 5.31. The zero-order valence-electron chi connectivity index (χ0n) is 10.3. The summed E-state index contributed by atoms with van der Waals surface area (Å²) in [5.74, 6) is -0.485. The smallest absolute Gasteiger partial charge is 0.142 e. The minimum absolute atomic E-state index is 0.0756. The summed E-state index contributed by atoms with van der Waals surface area (Å²) in [7, 11) is 0. The van der Waals surface area contributed by atoms with Crippen molar-refractivity contribution < 1.29 is 9.50 Å². The Kier molecular flexibility index (Phi) is 4.46. The monoisotopic (exact) mass is 298 g/mol. The van der Waals surface area contributed by atoms with E-state index in [4.69, 9.17) is 23.2 Å². The summed E-state index contributed by atoms with van der Waals surface area (Å²) in [5.41, 5.74) is 2.34. The number of aliphatic hydroxyl groups excluding tert-OH is 1. The van der Waals surface area contributed by atoms with Crippen molar-refractivity contribution in [3.8, 4) is 0 Å². The van der Waals surface area contributed by atoms with Crippen molar-refractivity contribution >= 4 is 23.2 Å². The maximum atomic E-state index is 13.3. The largest absolute Gasteiger partial charge is 0.388 e. The number of halogens is 3. The molecule has 0 fully saturated rings. The molecule has 19 heavy (non-hydrogen) atoms. The van der Waals surface area contributed by atoms with E-state index in [-0.39, 0.29) is 11.4 Å². The van der Waals surface area contributed by atoms with Crippen LogP contribution in [0.15, 0.2) is 36.4 Å². The van der Waals surface area contributed by atoms with Crippen molar-refractivity contribution in [1.82, 2.24) is 0 Å². The van der Waals surface area contributed by atoms with Gasteiger partial charge in [0.25, 0.3) is 0 Å². The number of aliphatic hydroxyl groups is 1. The number of hydrogen-bond donors (Lipinski definition) is 1. The van der Waals surface area contributed by atoms with Crippen molar-refractivity contribution in [1.29, 1.82) is 0 Å². The highest BCUT2D eigenvalue weighted by Gasteiger charge is 2.13. The van der Waals surface area contributed by atoms with E-state index in [0.29, 0.717) is 16.1 Å². The van der Waals surface area contributed by atoms with Crippen LogP contribution in [0.25, 0.3) is 0 Å². The molecule has 2 rings (SSSR count). The molecule has 0 spiro atoms. The Bertz CT molecular complexity index is 599. The summed E-state index contributed by atoms with van der Waals surface area (Å²) < 4.78 is 13.3. The van der Waals surface area contributed by atoms with Gasteiger partial charge in [-0.3, -0.25) is 0 Å². The first-order chi connectivity index (χ1) is 8.97. The van der Waals surface area contributed by atoms with E-state index < -0.39 is 11.9 Å². The topological polar surface area (TPSA) is 20.2 Å². The first-order valence-corrected chi connectivity index (χ1v) is 6.61. The van der Waals surface area contributed by atoms with Crippen LogP contribution >= 0.6 is 23.2 Å². The molecular weight excluding hydrogens is 286 g/mol. The molecular formula is C15H13Cl2FO. The van der Waals surface area contributed by atoms with E-state index in [9.17, 15) is 9.50 Å². The van der Waals surface area contributed by atoms with Crippen molar-refractivity contribution in [2.75, 3.05) is 0 Å². The fraction of sp³-hybridized carbons (Fsp3) is 0.200. The third-order valence-corrected chi connectivity index (χ3v) is 3.56. The first-order valence-electron chi connectivity index (χ1n) is 5.85. The van der Waals surface area contributed by atoms with Gasteiger partial charge >= 0.3 is 0 Å². The van der Waals surface area contributed by atoms with Gasteiger partial charge in [0.15, 0.2) is 0 Å². The van der Waals surface area contributed by atoms with Gasteiger partial charge in [-0.05, 0) is 41.8 Å². The minimum Gasteiger partial charge on any atom is -0.388 e. The Morgan fingerprint density at radius 3 is 2.47 bits per heavy atom. The third kappa shape index (κ3) is 3.47. The van der Waals surface area contributed by atoms with Crippen LogP contribution in [-0.4, -0.2) is 5.11 Å². The zero-order valence-corrected chi connectivity index (χ0v) is 11.8. The highest BCUT2D eigenvalue weighted by atomic mass is 35.5. The van der Waals surface area contributed by atoms with E-state index in [1.807, 2.05) is 13.0 Å². The minimum atomic E-state index is -0.770. The second-order valence-electron chi connectivity index (χ2n) is 4.49.